The number of rotatable bonds is 7. The van der Waals surface area contributed by atoms with Crippen molar-refractivity contribution >= 4 is 87.9 Å². The lowest BCUT2D eigenvalue weighted by Crippen LogP contribution is -2.37. The molecule has 2 saturated carbocycles. The lowest BCUT2D eigenvalue weighted by atomic mass is 9.81. The summed E-state index contributed by atoms with van der Waals surface area (Å²) in [7, 11) is 1.51. The van der Waals surface area contributed by atoms with Crippen LogP contribution in [0.4, 0.5) is 5.69 Å². The summed E-state index contributed by atoms with van der Waals surface area (Å²) in [6.07, 6.45) is 0.871. The number of ether oxygens (including phenoxy) is 2. The fourth-order valence-corrected chi connectivity index (χ4v) is 9.22. The number of halogens is 3. The van der Waals surface area contributed by atoms with Crippen LogP contribution in [0.25, 0.3) is 22.2 Å². The summed E-state index contributed by atoms with van der Waals surface area (Å²) >= 11 is 10.9. The molecule has 7 rings (SSSR count). The number of methoxy groups -OCH3 is 1. The molecule has 2 aliphatic carbocycles. The quantitative estimate of drug-likeness (QED) is 0.0860. The molecule has 3 fully saturated rings. The maximum absolute atomic E-state index is 13.5. The minimum Gasteiger partial charge on any atom is -0.497 e. The Morgan fingerprint density at radius 1 is 0.911 bits per heavy atom. The number of hydrogen-bond acceptors (Lipinski definition) is 7. The van der Waals surface area contributed by atoms with Crippen LogP contribution >= 0.6 is 47.8 Å². The molecular weight excluding hydrogens is 772 g/mol. The van der Waals surface area contributed by atoms with E-state index in [4.69, 9.17) is 14.5 Å². The number of aromatic nitrogens is 1. The van der Waals surface area contributed by atoms with Crippen molar-refractivity contribution in [3.63, 3.8) is 0 Å². The number of fused-ring (bicyclic) bond motifs is 6. The number of Topliss-reactive ketones (excluding diaryl/α,β-unsaturated/α-hetero) is 1. The van der Waals surface area contributed by atoms with Gasteiger partial charge in [0.1, 0.15) is 5.75 Å². The van der Waals surface area contributed by atoms with Crippen molar-refractivity contribution in [2.45, 2.75) is 16.1 Å². The van der Waals surface area contributed by atoms with Crippen LogP contribution in [-0.4, -0.2) is 51.9 Å². The molecule has 6 atom stereocenters. The zero-order valence-corrected chi connectivity index (χ0v) is 28.5. The molecule has 1 saturated heterocycles. The summed E-state index contributed by atoms with van der Waals surface area (Å²) in [6, 6.07) is 20.7. The van der Waals surface area contributed by atoms with E-state index in [1.807, 2.05) is 6.07 Å². The lowest BCUT2D eigenvalue weighted by molar-refractivity contribution is -0.123. The van der Waals surface area contributed by atoms with Crippen LogP contribution in [0.3, 0.4) is 0 Å². The molecular formula is C34H25Br3N2O6. The average Bonchev–Trinajstić information content (AvgIpc) is 3.67. The minimum absolute atomic E-state index is 0.135. The monoisotopic (exact) mass is 794 g/mol. The fraction of sp³-hybridized carbons (Fsp3) is 0.265. The van der Waals surface area contributed by atoms with E-state index in [0.717, 1.165) is 10.9 Å². The highest BCUT2D eigenvalue weighted by Crippen LogP contribution is 2.60. The summed E-state index contributed by atoms with van der Waals surface area (Å²) in [5.74, 6) is -1.11. The Balaban J connectivity index is 1.15. The molecule has 11 heteroatoms. The zero-order chi connectivity index (χ0) is 31.6. The van der Waals surface area contributed by atoms with Crippen LogP contribution < -0.4 is 9.64 Å². The number of imide groups is 1. The first-order valence-electron chi connectivity index (χ1n) is 14.4. The highest BCUT2D eigenvalue weighted by Gasteiger charge is 2.66. The maximum Gasteiger partial charge on any atom is 0.339 e. The highest BCUT2D eigenvalue weighted by molar-refractivity contribution is 9.12. The normalized spacial score (nSPS) is 25.1. The van der Waals surface area contributed by atoms with Gasteiger partial charge >= 0.3 is 5.97 Å². The SMILES string of the molecule is COc1cccc(C(=O)COC(=O)c2cc(-c3ccc(N4C(=O)C5C6CC(C(Br)C6Br)C5C4=O)cc3)nc3ccc(Br)cc23)c1. The number of carbonyl (C=O) groups is 4. The van der Waals surface area contributed by atoms with Crippen LogP contribution in [0.1, 0.15) is 27.1 Å². The third kappa shape index (κ3) is 5.13. The number of benzene rings is 3. The van der Waals surface area contributed by atoms with E-state index in [1.54, 1.807) is 66.7 Å². The third-order valence-corrected chi connectivity index (χ3v) is 12.8. The second-order valence-corrected chi connectivity index (χ2v) is 14.5. The van der Waals surface area contributed by atoms with Gasteiger partial charge in [-0.2, -0.15) is 0 Å². The van der Waals surface area contributed by atoms with Gasteiger partial charge in [0.05, 0.1) is 41.4 Å². The van der Waals surface area contributed by atoms with Crippen molar-refractivity contribution in [3.05, 3.63) is 88.4 Å². The molecule has 0 spiro atoms. The van der Waals surface area contributed by atoms with Gasteiger partial charge in [-0.15, -0.1) is 0 Å². The maximum atomic E-state index is 13.5. The molecule has 2 bridgehead atoms. The number of hydrogen-bond donors (Lipinski definition) is 0. The molecule has 0 N–H and O–H groups in total. The predicted molar refractivity (Wildman–Crippen MR) is 179 cm³/mol. The summed E-state index contributed by atoms with van der Waals surface area (Å²) in [6.45, 7) is -0.443. The average molecular weight is 797 g/mol. The molecule has 2 heterocycles. The van der Waals surface area contributed by atoms with Crippen LogP contribution in [0.2, 0.25) is 0 Å². The predicted octanol–water partition coefficient (Wildman–Crippen LogP) is 6.99. The first-order chi connectivity index (χ1) is 21.7. The molecule has 3 aliphatic rings. The fourth-order valence-electron chi connectivity index (χ4n) is 6.99. The van der Waals surface area contributed by atoms with Crippen LogP contribution in [0.15, 0.2) is 77.3 Å². The van der Waals surface area contributed by atoms with Gasteiger partial charge in [-0.3, -0.25) is 19.3 Å². The first-order valence-corrected chi connectivity index (χ1v) is 17.0. The van der Waals surface area contributed by atoms with E-state index < -0.39 is 12.6 Å². The molecule has 1 aliphatic heterocycles. The van der Waals surface area contributed by atoms with Crippen molar-refractivity contribution in [3.8, 4) is 17.0 Å². The Bertz CT molecular complexity index is 1870. The van der Waals surface area contributed by atoms with E-state index in [2.05, 4.69) is 47.8 Å². The molecule has 2 amide bonds. The van der Waals surface area contributed by atoms with Gasteiger partial charge in [-0.05, 0) is 66.8 Å². The van der Waals surface area contributed by atoms with E-state index in [9.17, 15) is 19.2 Å². The molecule has 6 unspecified atom stereocenters. The van der Waals surface area contributed by atoms with Gasteiger partial charge in [0.15, 0.2) is 12.4 Å². The van der Waals surface area contributed by atoms with E-state index in [-0.39, 0.29) is 56.5 Å². The largest absolute Gasteiger partial charge is 0.497 e. The molecule has 228 valence electrons. The van der Waals surface area contributed by atoms with E-state index in [0.29, 0.717) is 39.2 Å². The second kappa shape index (κ2) is 11.7. The van der Waals surface area contributed by atoms with Crippen molar-refractivity contribution in [2.75, 3.05) is 18.6 Å². The molecule has 0 radical (unpaired) electrons. The Hall–Kier alpha value is -3.41. The van der Waals surface area contributed by atoms with Crippen molar-refractivity contribution in [1.82, 2.24) is 4.98 Å². The minimum atomic E-state index is -0.667. The number of pyridine rings is 1. The molecule has 3 aromatic carbocycles. The summed E-state index contributed by atoms with van der Waals surface area (Å²) in [4.78, 5) is 59.6. The number of esters is 1. The molecule has 8 nitrogen and oxygen atoms in total. The van der Waals surface area contributed by atoms with Crippen LogP contribution in [0, 0.1) is 23.7 Å². The number of alkyl halides is 2. The standard InChI is InChI=1S/C34H25Br3N2O6/c1-44-20-4-2-3-17(11-20)27(40)15-45-34(43)22-14-26(38-25-10-7-18(35)12-21(22)25)16-5-8-19(9-6-16)39-32(41)28-23-13-24(29(28)33(39)42)31(37)30(23)36/h2-12,14,23-24,28-31H,13,15H2,1H3. The van der Waals surface area contributed by atoms with Crippen molar-refractivity contribution in [1.29, 1.82) is 0 Å². The first kappa shape index (κ1) is 30.3. The summed E-state index contributed by atoms with van der Waals surface area (Å²) in [5, 5.41) is 0.563. The number of ketones is 1. The van der Waals surface area contributed by atoms with Crippen molar-refractivity contribution < 1.29 is 28.7 Å². The van der Waals surface area contributed by atoms with Gasteiger partial charge in [-0.1, -0.05) is 72.1 Å². The topological polar surface area (TPSA) is 103 Å². The summed E-state index contributed by atoms with van der Waals surface area (Å²) < 4.78 is 11.4. The van der Waals surface area contributed by atoms with Gasteiger partial charge in [0.25, 0.3) is 0 Å². The highest BCUT2D eigenvalue weighted by atomic mass is 79.9. The van der Waals surface area contributed by atoms with Crippen molar-refractivity contribution in [2.24, 2.45) is 23.7 Å². The Morgan fingerprint density at radius 2 is 1.60 bits per heavy atom. The Morgan fingerprint density at radius 3 is 2.27 bits per heavy atom. The molecule has 45 heavy (non-hydrogen) atoms. The van der Waals surface area contributed by atoms with Gasteiger partial charge in [0.2, 0.25) is 11.8 Å². The number of amides is 2. The molecule has 1 aromatic heterocycles. The van der Waals surface area contributed by atoms with Crippen LogP contribution in [-0.2, 0) is 14.3 Å². The van der Waals surface area contributed by atoms with E-state index in [1.165, 1.54) is 12.0 Å². The Labute approximate surface area is 283 Å². The number of carbonyl (C=O) groups excluding carboxylic acids is 4. The van der Waals surface area contributed by atoms with Gasteiger partial charge in [0, 0.05) is 30.6 Å². The third-order valence-electron chi connectivity index (χ3n) is 9.13. The zero-order valence-electron chi connectivity index (χ0n) is 23.8. The van der Waals surface area contributed by atoms with E-state index >= 15 is 0 Å². The van der Waals surface area contributed by atoms with Crippen LogP contribution in [0.5, 0.6) is 5.75 Å². The number of nitrogens with zero attached hydrogens (tertiary/aromatic N) is 2. The molecule has 4 aromatic rings. The second-order valence-electron chi connectivity index (χ2n) is 11.5. The van der Waals surface area contributed by atoms with Gasteiger partial charge < -0.3 is 9.47 Å². The van der Waals surface area contributed by atoms with Gasteiger partial charge in [-0.25, -0.2) is 9.78 Å². The number of anilines is 1. The Kier molecular flexibility index (Phi) is 7.90. The summed E-state index contributed by atoms with van der Waals surface area (Å²) in [5.41, 5.74) is 2.88. The smallest absolute Gasteiger partial charge is 0.339 e. The lowest BCUT2D eigenvalue weighted by Gasteiger charge is -2.28.